The first-order chi connectivity index (χ1) is 9.24. The van der Waals surface area contributed by atoms with Crippen LogP contribution in [0.25, 0.3) is 0 Å². The summed E-state index contributed by atoms with van der Waals surface area (Å²) in [6.07, 6.45) is 0. The van der Waals surface area contributed by atoms with Gasteiger partial charge in [0.15, 0.2) is 0 Å². The van der Waals surface area contributed by atoms with Crippen molar-refractivity contribution in [3.8, 4) is 0 Å². The molecule has 0 radical (unpaired) electrons. The van der Waals surface area contributed by atoms with E-state index in [-0.39, 0.29) is 6.04 Å². The second kappa shape index (κ2) is 7.20. The van der Waals surface area contributed by atoms with Crippen LogP contribution in [0.2, 0.25) is 0 Å². The van der Waals surface area contributed by atoms with Crippen LogP contribution in [0, 0.1) is 0 Å². The Labute approximate surface area is 127 Å². The highest BCUT2D eigenvalue weighted by atomic mass is 79.9. The highest BCUT2D eigenvalue weighted by Gasteiger charge is 2.18. The predicted octanol–water partition coefficient (Wildman–Crippen LogP) is 4.03. The van der Waals surface area contributed by atoms with E-state index >= 15 is 0 Å². The summed E-state index contributed by atoms with van der Waals surface area (Å²) in [5.41, 5.74) is 7.28. The molecule has 0 spiro atoms. The van der Waals surface area contributed by atoms with E-state index in [1.165, 1.54) is 10.4 Å². The number of likely N-dealkylation sites (N-methyl/N-ethyl adjacent to an activating group) is 1. The second-order valence-corrected chi connectivity index (χ2v) is 6.40. The second-order valence-electron chi connectivity index (χ2n) is 4.45. The number of rotatable bonds is 6. The lowest BCUT2D eigenvalue weighted by Crippen LogP contribution is -2.33. The third kappa shape index (κ3) is 3.89. The number of thiophene rings is 1. The Kier molecular flexibility index (Phi) is 5.58. The Morgan fingerprint density at radius 3 is 2.74 bits per heavy atom. The number of nitrogens with two attached hydrogens (primary N) is 1. The van der Waals surface area contributed by atoms with E-state index in [1.807, 2.05) is 6.07 Å². The molecule has 0 saturated heterocycles. The van der Waals surface area contributed by atoms with Gasteiger partial charge >= 0.3 is 0 Å². The van der Waals surface area contributed by atoms with E-state index in [4.69, 9.17) is 5.73 Å². The Balaban J connectivity index is 2.18. The number of hydrogen-bond acceptors (Lipinski definition) is 3. The number of hydrogen-bond donors (Lipinski definition) is 1. The average Bonchev–Trinajstić information content (AvgIpc) is 2.91. The van der Waals surface area contributed by atoms with Gasteiger partial charge in [0.25, 0.3) is 0 Å². The molecule has 4 heteroatoms. The van der Waals surface area contributed by atoms with Crippen molar-refractivity contribution >= 4 is 27.3 Å². The molecular weight excluding hydrogens is 320 g/mol. The highest BCUT2D eigenvalue weighted by molar-refractivity contribution is 9.10. The van der Waals surface area contributed by atoms with Gasteiger partial charge in [0.1, 0.15) is 0 Å². The van der Waals surface area contributed by atoms with Crippen LogP contribution >= 0.6 is 27.3 Å². The number of halogens is 1. The van der Waals surface area contributed by atoms with Crippen LogP contribution in [0.4, 0.5) is 0 Å². The molecule has 19 heavy (non-hydrogen) atoms. The van der Waals surface area contributed by atoms with Crippen LogP contribution in [0.5, 0.6) is 0 Å². The molecule has 102 valence electrons. The van der Waals surface area contributed by atoms with Crippen LogP contribution < -0.4 is 5.73 Å². The fourth-order valence-corrected chi connectivity index (χ4v) is 3.40. The third-order valence-electron chi connectivity index (χ3n) is 3.24. The van der Waals surface area contributed by atoms with Crippen molar-refractivity contribution in [2.75, 3.05) is 13.1 Å². The van der Waals surface area contributed by atoms with Crippen molar-refractivity contribution in [3.63, 3.8) is 0 Å². The summed E-state index contributed by atoms with van der Waals surface area (Å²) in [7, 11) is 0. The van der Waals surface area contributed by atoms with Gasteiger partial charge in [-0.3, -0.25) is 4.90 Å². The van der Waals surface area contributed by atoms with E-state index in [1.54, 1.807) is 11.3 Å². The van der Waals surface area contributed by atoms with E-state index in [0.29, 0.717) is 6.54 Å². The Morgan fingerprint density at radius 1 is 1.32 bits per heavy atom. The van der Waals surface area contributed by atoms with Crippen LogP contribution in [0.15, 0.2) is 46.3 Å². The van der Waals surface area contributed by atoms with Gasteiger partial charge in [-0.1, -0.05) is 41.1 Å². The summed E-state index contributed by atoms with van der Waals surface area (Å²) in [6, 6.07) is 13.0. The molecule has 1 aromatic carbocycles. The van der Waals surface area contributed by atoms with Crippen LogP contribution in [0.3, 0.4) is 0 Å². The smallest absolute Gasteiger partial charge is 0.0474 e. The summed E-state index contributed by atoms with van der Waals surface area (Å²) in [4.78, 5) is 3.81. The van der Waals surface area contributed by atoms with E-state index in [9.17, 15) is 0 Å². The minimum atomic E-state index is 0.268. The minimum absolute atomic E-state index is 0.268. The average molecular weight is 339 g/mol. The van der Waals surface area contributed by atoms with E-state index < -0.39 is 0 Å². The molecular formula is C15H19BrN2S. The molecule has 1 aromatic heterocycles. The lowest BCUT2D eigenvalue weighted by Gasteiger charge is -2.30. The maximum Gasteiger partial charge on any atom is 0.0474 e. The topological polar surface area (TPSA) is 29.3 Å². The van der Waals surface area contributed by atoms with Gasteiger partial charge < -0.3 is 5.73 Å². The lowest BCUT2D eigenvalue weighted by atomic mass is 10.1. The summed E-state index contributed by atoms with van der Waals surface area (Å²) in [5.74, 6) is 0. The first-order valence-corrected chi connectivity index (χ1v) is 8.13. The molecule has 0 aliphatic rings. The quantitative estimate of drug-likeness (QED) is 0.861. The largest absolute Gasteiger partial charge is 0.329 e. The van der Waals surface area contributed by atoms with Crippen molar-refractivity contribution in [2.24, 2.45) is 5.73 Å². The Hall–Kier alpha value is -0.680. The first-order valence-electron chi connectivity index (χ1n) is 6.46. The van der Waals surface area contributed by atoms with Gasteiger partial charge in [0.05, 0.1) is 0 Å². The summed E-state index contributed by atoms with van der Waals surface area (Å²) < 4.78 is 1.11. The van der Waals surface area contributed by atoms with Gasteiger partial charge in [-0.15, -0.1) is 11.3 Å². The monoisotopic (exact) mass is 338 g/mol. The van der Waals surface area contributed by atoms with Gasteiger partial charge in [-0.05, 0) is 35.7 Å². The SMILES string of the molecule is CCN(Cc1cccs1)C(CN)c1cccc(Br)c1. The maximum absolute atomic E-state index is 6.01. The standard InChI is InChI=1S/C15H19BrN2S/c1-2-18(11-14-7-4-8-19-14)15(10-17)12-5-3-6-13(16)9-12/h3-9,15H,2,10-11,17H2,1H3. The summed E-state index contributed by atoms with van der Waals surface area (Å²) >= 11 is 5.34. The molecule has 0 amide bonds. The molecule has 2 N–H and O–H groups in total. The fourth-order valence-electron chi connectivity index (χ4n) is 2.25. The summed E-state index contributed by atoms with van der Waals surface area (Å²) in [6.45, 7) is 4.78. The molecule has 2 rings (SSSR count). The van der Waals surface area contributed by atoms with Crippen molar-refractivity contribution in [3.05, 3.63) is 56.7 Å². The molecule has 2 aromatic rings. The molecule has 0 aliphatic heterocycles. The van der Waals surface area contributed by atoms with E-state index in [0.717, 1.165) is 17.6 Å². The van der Waals surface area contributed by atoms with Gasteiger partial charge in [0.2, 0.25) is 0 Å². The molecule has 0 aliphatic carbocycles. The van der Waals surface area contributed by atoms with Crippen LogP contribution in [0.1, 0.15) is 23.4 Å². The van der Waals surface area contributed by atoms with Gasteiger partial charge in [-0.2, -0.15) is 0 Å². The zero-order valence-corrected chi connectivity index (χ0v) is 13.5. The fraction of sp³-hybridized carbons (Fsp3) is 0.333. The zero-order chi connectivity index (χ0) is 13.7. The maximum atomic E-state index is 6.01. The van der Waals surface area contributed by atoms with Crippen LogP contribution in [-0.4, -0.2) is 18.0 Å². The van der Waals surface area contributed by atoms with Gasteiger partial charge in [0, 0.05) is 28.5 Å². The van der Waals surface area contributed by atoms with Crippen molar-refractivity contribution in [2.45, 2.75) is 19.5 Å². The molecule has 1 atom stereocenters. The Bertz CT molecular complexity index is 499. The molecule has 1 unspecified atom stereocenters. The summed E-state index contributed by atoms with van der Waals surface area (Å²) in [5, 5.41) is 2.12. The molecule has 0 fully saturated rings. The lowest BCUT2D eigenvalue weighted by molar-refractivity contribution is 0.205. The number of benzene rings is 1. The molecule has 0 saturated carbocycles. The van der Waals surface area contributed by atoms with E-state index in [2.05, 4.69) is 63.5 Å². The highest BCUT2D eigenvalue weighted by Crippen LogP contribution is 2.25. The molecule has 0 bridgehead atoms. The third-order valence-corrected chi connectivity index (χ3v) is 4.60. The van der Waals surface area contributed by atoms with Crippen LogP contribution in [-0.2, 0) is 6.54 Å². The van der Waals surface area contributed by atoms with Crippen molar-refractivity contribution in [1.82, 2.24) is 4.90 Å². The molecule has 1 heterocycles. The zero-order valence-electron chi connectivity index (χ0n) is 11.1. The Morgan fingerprint density at radius 2 is 2.16 bits per heavy atom. The minimum Gasteiger partial charge on any atom is -0.329 e. The number of nitrogens with zero attached hydrogens (tertiary/aromatic N) is 1. The first kappa shape index (κ1) is 14.7. The normalized spacial score (nSPS) is 12.8. The predicted molar refractivity (Wildman–Crippen MR) is 86.3 cm³/mol. The molecule has 2 nitrogen and oxygen atoms in total. The van der Waals surface area contributed by atoms with Crippen molar-refractivity contribution < 1.29 is 0 Å². The van der Waals surface area contributed by atoms with Gasteiger partial charge in [-0.25, -0.2) is 0 Å². The van der Waals surface area contributed by atoms with Crippen molar-refractivity contribution in [1.29, 1.82) is 0 Å².